The van der Waals surface area contributed by atoms with Gasteiger partial charge in [0, 0.05) is 19.1 Å². The van der Waals surface area contributed by atoms with E-state index in [1.807, 2.05) is 13.8 Å². The third-order valence-electron chi connectivity index (χ3n) is 2.88. The first-order valence-electron chi connectivity index (χ1n) is 7.31. The van der Waals surface area contributed by atoms with E-state index >= 15 is 0 Å². The van der Waals surface area contributed by atoms with Gasteiger partial charge in [0.2, 0.25) is 0 Å². The molecular formula is C15H35N3. The molecule has 0 aliphatic heterocycles. The van der Waals surface area contributed by atoms with Gasteiger partial charge in [-0.1, -0.05) is 34.1 Å². The van der Waals surface area contributed by atoms with E-state index in [9.17, 15) is 0 Å². The highest BCUT2D eigenvalue weighted by Crippen LogP contribution is 2.04. The van der Waals surface area contributed by atoms with Crippen molar-refractivity contribution in [2.45, 2.75) is 66.8 Å². The van der Waals surface area contributed by atoms with Crippen molar-refractivity contribution in [3.8, 4) is 0 Å². The summed E-state index contributed by atoms with van der Waals surface area (Å²) in [6.07, 6.45) is 3.68. The zero-order chi connectivity index (χ0) is 14.6. The molecule has 0 saturated carbocycles. The topological polar surface area (TPSA) is 41.3 Å². The minimum Gasteiger partial charge on any atom is -0.386 e. The van der Waals surface area contributed by atoms with Crippen LogP contribution in [0.4, 0.5) is 0 Å². The van der Waals surface area contributed by atoms with Crippen molar-refractivity contribution in [1.82, 2.24) is 10.2 Å². The molecule has 3 nitrogen and oxygen atoms in total. The standard InChI is InChI=1S/C12H27N3.C3H8/c1-6-11(7-2)15(5)9-8-14-12(13)10(3)4;1-3-2/h11,14H,6-9,13H2,1-5H3;3H2,1-2H3. The van der Waals surface area contributed by atoms with E-state index in [4.69, 9.17) is 5.73 Å². The van der Waals surface area contributed by atoms with E-state index in [1.165, 1.54) is 19.3 Å². The molecule has 3 heteroatoms. The van der Waals surface area contributed by atoms with Gasteiger partial charge in [-0.25, -0.2) is 0 Å². The molecule has 0 aliphatic carbocycles. The predicted molar refractivity (Wildman–Crippen MR) is 83.5 cm³/mol. The molecule has 18 heavy (non-hydrogen) atoms. The highest BCUT2D eigenvalue weighted by Gasteiger charge is 2.09. The molecule has 3 N–H and O–H groups in total. The Morgan fingerprint density at radius 1 is 1.11 bits per heavy atom. The summed E-state index contributed by atoms with van der Waals surface area (Å²) in [5.74, 6) is 0.813. The third kappa shape index (κ3) is 10.5. The Morgan fingerprint density at radius 3 is 1.89 bits per heavy atom. The Kier molecular flexibility index (Phi) is 13.9. The van der Waals surface area contributed by atoms with E-state index in [2.05, 4.69) is 45.0 Å². The van der Waals surface area contributed by atoms with Crippen LogP contribution in [0.25, 0.3) is 0 Å². The molecule has 0 bridgehead atoms. The Bertz CT molecular complexity index is 204. The average Bonchev–Trinajstić information content (AvgIpc) is 2.31. The quantitative estimate of drug-likeness (QED) is 0.735. The van der Waals surface area contributed by atoms with Gasteiger partial charge in [0.05, 0.1) is 5.82 Å². The second kappa shape index (κ2) is 12.7. The van der Waals surface area contributed by atoms with Gasteiger partial charge in [-0.2, -0.15) is 0 Å². The first-order chi connectivity index (χ1) is 8.44. The second-order valence-electron chi connectivity index (χ2n) is 5.00. The van der Waals surface area contributed by atoms with Crippen LogP contribution in [0.3, 0.4) is 0 Å². The van der Waals surface area contributed by atoms with E-state index in [0.717, 1.165) is 24.5 Å². The van der Waals surface area contributed by atoms with E-state index in [0.29, 0.717) is 6.04 Å². The van der Waals surface area contributed by atoms with Gasteiger partial charge in [-0.3, -0.25) is 0 Å². The second-order valence-corrected chi connectivity index (χ2v) is 5.00. The molecule has 0 spiro atoms. The van der Waals surface area contributed by atoms with Gasteiger partial charge >= 0.3 is 0 Å². The summed E-state index contributed by atoms with van der Waals surface area (Å²) in [5, 5.41) is 3.23. The Labute approximate surface area is 115 Å². The molecule has 0 unspecified atom stereocenters. The van der Waals surface area contributed by atoms with E-state index in [-0.39, 0.29) is 0 Å². The van der Waals surface area contributed by atoms with Gasteiger partial charge in [-0.15, -0.1) is 0 Å². The lowest BCUT2D eigenvalue weighted by molar-refractivity contribution is 0.232. The molecule has 0 heterocycles. The lowest BCUT2D eigenvalue weighted by atomic mass is 10.1. The average molecular weight is 257 g/mol. The van der Waals surface area contributed by atoms with Crippen LogP contribution in [0.2, 0.25) is 0 Å². The van der Waals surface area contributed by atoms with Crippen LogP contribution in [0, 0.1) is 0 Å². The normalized spacial score (nSPS) is 10.1. The summed E-state index contributed by atoms with van der Waals surface area (Å²) in [4.78, 5) is 2.39. The Morgan fingerprint density at radius 2 is 1.56 bits per heavy atom. The Hall–Kier alpha value is -0.700. The summed E-state index contributed by atoms with van der Waals surface area (Å²) < 4.78 is 0. The van der Waals surface area contributed by atoms with Gasteiger partial charge in [0.25, 0.3) is 0 Å². The molecule has 0 aromatic rings. The first kappa shape index (κ1) is 19.6. The third-order valence-corrected chi connectivity index (χ3v) is 2.88. The number of nitrogens with zero attached hydrogens (tertiary/aromatic N) is 1. The summed E-state index contributed by atoms with van der Waals surface area (Å²) in [5.41, 5.74) is 6.95. The number of rotatable bonds is 7. The molecule has 0 fully saturated rings. The first-order valence-corrected chi connectivity index (χ1v) is 7.31. The number of hydrogen-bond donors (Lipinski definition) is 2. The fraction of sp³-hybridized carbons (Fsp3) is 0.867. The highest BCUT2D eigenvalue weighted by atomic mass is 15.1. The van der Waals surface area contributed by atoms with Gasteiger partial charge < -0.3 is 16.0 Å². The number of nitrogens with two attached hydrogens (primary N) is 1. The molecule has 0 radical (unpaired) electrons. The summed E-state index contributed by atoms with van der Waals surface area (Å²) in [6.45, 7) is 14.7. The van der Waals surface area contributed by atoms with Gasteiger partial charge in [-0.05, 0) is 39.3 Å². The molecule has 0 aliphatic rings. The Balaban J connectivity index is 0. The van der Waals surface area contributed by atoms with Crippen molar-refractivity contribution in [1.29, 1.82) is 0 Å². The zero-order valence-corrected chi connectivity index (χ0v) is 13.6. The van der Waals surface area contributed by atoms with Crippen molar-refractivity contribution >= 4 is 0 Å². The number of hydrogen-bond acceptors (Lipinski definition) is 3. The maximum absolute atomic E-state index is 5.79. The van der Waals surface area contributed by atoms with E-state index < -0.39 is 0 Å². The molecule has 0 atom stereocenters. The van der Waals surface area contributed by atoms with Gasteiger partial charge in [0.1, 0.15) is 0 Å². The van der Waals surface area contributed by atoms with Crippen molar-refractivity contribution in [2.24, 2.45) is 5.73 Å². The lowest BCUT2D eigenvalue weighted by Crippen LogP contribution is -2.37. The maximum atomic E-state index is 5.79. The summed E-state index contributed by atoms with van der Waals surface area (Å²) in [6, 6.07) is 0.694. The van der Waals surface area contributed by atoms with Crippen LogP contribution >= 0.6 is 0 Å². The SMILES string of the molecule is CCC.CCC(CC)N(C)CCNC(N)=C(C)C. The minimum absolute atomic E-state index is 0.694. The molecule has 0 rings (SSSR count). The van der Waals surface area contributed by atoms with Crippen molar-refractivity contribution in [2.75, 3.05) is 20.1 Å². The molecule has 0 saturated heterocycles. The monoisotopic (exact) mass is 257 g/mol. The minimum atomic E-state index is 0.694. The van der Waals surface area contributed by atoms with Crippen LogP contribution in [0.1, 0.15) is 60.8 Å². The van der Waals surface area contributed by atoms with Crippen molar-refractivity contribution in [3.05, 3.63) is 11.4 Å². The molecule has 0 aromatic carbocycles. The van der Waals surface area contributed by atoms with Crippen LogP contribution < -0.4 is 11.1 Å². The smallest absolute Gasteiger partial charge is 0.0946 e. The number of nitrogens with one attached hydrogen (secondary N) is 1. The number of allylic oxidation sites excluding steroid dienone is 1. The van der Waals surface area contributed by atoms with Crippen LogP contribution in [0.5, 0.6) is 0 Å². The van der Waals surface area contributed by atoms with Crippen LogP contribution in [-0.4, -0.2) is 31.1 Å². The molecule has 110 valence electrons. The lowest BCUT2D eigenvalue weighted by Gasteiger charge is -2.26. The fourth-order valence-corrected chi connectivity index (χ4v) is 1.64. The summed E-state index contributed by atoms with van der Waals surface area (Å²) >= 11 is 0. The van der Waals surface area contributed by atoms with Crippen molar-refractivity contribution in [3.63, 3.8) is 0 Å². The fourth-order valence-electron chi connectivity index (χ4n) is 1.64. The van der Waals surface area contributed by atoms with Gasteiger partial charge in [0.15, 0.2) is 0 Å². The van der Waals surface area contributed by atoms with Crippen LogP contribution in [-0.2, 0) is 0 Å². The maximum Gasteiger partial charge on any atom is 0.0946 e. The largest absolute Gasteiger partial charge is 0.386 e. The molecular weight excluding hydrogens is 222 g/mol. The van der Waals surface area contributed by atoms with Crippen LogP contribution in [0.15, 0.2) is 11.4 Å². The molecule has 0 amide bonds. The van der Waals surface area contributed by atoms with Crippen molar-refractivity contribution < 1.29 is 0 Å². The summed E-state index contributed by atoms with van der Waals surface area (Å²) in [7, 11) is 2.18. The zero-order valence-electron chi connectivity index (χ0n) is 13.6. The van der Waals surface area contributed by atoms with E-state index in [1.54, 1.807) is 0 Å². The molecule has 0 aromatic heterocycles. The number of likely N-dealkylation sites (N-methyl/N-ethyl adjacent to an activating group) is 1. The predicted octanol–water partition coefficient (Wildman–Crippen LogP) is 3.32. The highest BCUT2D eigenvalue weighted by molar-refractivity contribution is 5.02.